The molecule has 1 aliphatic rings. The second kappa shape index (κ2) is 11.3. The Bertz CT molecular complexity index is 360. The smallest absolute Gasteiger partial charge is 0.241 e. The zero-order valence-electron chi connectivity index (χ0n) is 14.8. The van der Waals surface area contributed by atoms with Gasteiger partial charge in [0.25, 0.3) is 0 Å². The van der Waals surface area contributed by atoms with Crippen LogP contribution in [0.15, 0.2) is 4.99 Å². The van der Waals surface area contributed by atoms with Crippen molar-refractivity contribution >= 4 is 11.9 Å². The molecule has 6 heteroatoms. The molecule has 1 rings (SSSR count). The zero-order chi connectivity index (χ0) is 17.0. The lowest BCUT2D eigenvalue weighted by Crippen LogP contribution is -2.45. The lowest BCUT2D eigenvalue weighted by molar-refractivity contribution is -0.119. The van der Waals surface area contributed by atoms with E-state index in [1.807, 2.05) is 13.8 Å². The quantitative estimate of drug-likeness (QED) is 0.381. The van der Waals surface area contributed by atoms with E-state index in [0.717, 1.165) is 38.8 Å². The van der Waals surface area contributed by atoms with E-state index < -0.39 is 0 Å². The molecule has 0 atom stereocenters. The average molecular weight is 326 g/mol. The molecule has 0 saturated heterocycles. The first kappa shape index (κ1) is 19.7. The van der Waals surface area contributed by atoms with Gasteiger partial charge in [0.05, 0.1) is 0 Å². The number of nitrogens with one attached hydrogen (secondary N) is 3. The van der Waals surface area contributed by atoms with Crippen LogP contribution in [0.1, 0.15) is 58.8 Å². The molecule has 6 nitrogen and oxygen atoms in total. The molecule has 0 aromatic carbocycles. The summed E-state index contributed by atoms with van der Waals surface area (Å²) in [5.41, 5.74) is 0.160. The van der Waals surface area contributed by atoms with Crippen molar-refractivity contribution in [3.63, 3.8) is 0 Å². The highest BCUT2D eigenvalue weighted by molar-refractivity contribution is 5.84. The van der Waals surface area contributed by atoms with Gasteiger partial charge in [-0.15, -0.1) is 0 Å². The summed E-state index contributed by atoms with van der Waals surface area (Å²) in [6.45, 7) is 6.67. The third-order valence-electron chi connectivity index (χ3n) is 4.48. The summed E-state index contributed by atoms with van der Waals surface area (Å²) in [6, 6.07) is 0. The Kier molecular flexibility index (Phi) is 9.67. The number of nitrogens with zero attached hydrogens (tertiary/aromatic N) is 1. The lowest BCUT2D eigenvalue weighted by Gasteiger charge is -2.37. The van der Waals surface area contributed by atoms with Gasteiger partial charge in [0.15, 0.2) is 5.96 Å². The molecular weight excluding hydrogens is 292 g/mol. The van der Waals surface area contributed by atoms with E-state index >= 15 is 0 Å². The van der Waals surface area contributed by atoms with Gasteiger partial charge in [0.1, 0.15) is 6.54 Å². The fraction of sp³-hybridized carbons (Fsp3) is 0.882. The number of carbonyl (C=O) groups is 1. The molecule has 1 fully saturated rings. The van der Waals surface area contributed by atoms with Crippen molar-refractivity contribution in [1.82, 2.24) is 16.0 Å². The molecule has 4 N–H and O–H groups in total. The Morgan fingerprint density at radius 1 is 1.13 bits per heavy atom. The topological polar surface area (TPSA) is 85.8 Å². The standard InChI is InChI=1S/C17H34N4O2/c1-3-11-19-15(23)13-20-16(18-4-2)21-14-17(10-12-22)8-6-5-7-9-17/h22H,3-14H2,1-2H3,(H,19,23)(H2,18,20,21). The van der Waals surface area contributed by atoms with Crippen LogP contribution in [0.25, 0.3) is 0 Å². The first-order chi connectivity index (χ1) is 11.2. The normalized spacial score (nSPS) is 17.6. The summed E-state index contributed by atoms with van der Waals surface area (Å²) in [7, 11) is 0. The number of aliphatic hydroxyl groups is 1. The number of aliphatic imine (C=N–C) groups is 1. The fourth-order valence-electron chi connectivity index (χ4n) is 3.14. The minimum absolute atomic E-state index is 0.0493. The van der Waals surface area contributed by atoms with E-state index in [4.69, 9.17) is 0 Å². The maximum absolute atomic E-state index is 11.7. The minimum atomic E-state index is -0.0493. The molecule has 1 saturated carbocycles. The van der Waals surface area contributed by atoms with Gasteiger partial charge in [-0.2, -0.15) is 0 Å². The van der Waals surface area contributed by atoms with Crippen LogP contribution in [0.2, 0.25) is 0 Å². The van der Waals surface area contributed by atoms with Crippen molar-refractivity contribution in [2.75, 3.05) is 32.8 Å². The highest BCUT2D eigenvalue weighted by Crippen LogP contribution is 2.38. The zero-order valence-corrected chi connectivity index (χ0v) is 14.8. The van der Waals surface area contributed by atoms with Crippen molar-refractivity contribution in [2.45, 2.75) is 58.8 Å². The molecule has 0 spiro atoms. The van der Waals surface area contributed by atoms with Gasteiger partial charge in [-0.25, -0.2) is 4.99 Å². The predicted octanol–water partition coefficient (Wildman–Crippen LogP) is 1.40. The van der Waals surface area contributed by atoms with Gasteiger partial charge < -0.3 is 21.1 Å². The summed E-state index contributed by atoms with van der Waals surface area (Å²) >= 11 is 0. The van der Waals surface area contributed by atoms with E-state index in [9.17, 15) is 9.90 Å². The number of amides is 1. The molecule has 23 heavy (non-hydrogen) atoms. The number of hydrogen-bond acceptors (Lipinski definition) is 3. The van der Waals surface area contributed by atoms with Crippen LogP contribution >= 0.6 is 0 Å². The van der Waals surface area contributed by atoms with Crippen LogP contribution < -0.4 is 16.0 Å². The Morgan fingerprint density at radius 3 is 2.48 bits per heavy atom. The van der Waals surface area contributed by atoms with Gasteiger partial charge in [0, 0.05) is 26.2 Å². The molecule has 0 aliphatic heterocycles. The largest absolute Gasteiger partial charge is 0.396 e. The SMILES string of the molecule is CCCNC(=O)CN=C(NCC)NCC1(CCO)CCCCC1. The van der Waals surface area contributed by atoms with Crippen LogP contribution in [-0.2, 0) is 4.79 Å². The molecule has 134 valence electrons. The molecule has 0 bridgehead atoms. The summed E-state index contributed by atoms with van der Waals surface area (Å²) in [5.74, 6) is 0.633. The first-order valence-corrected chi connectivity index (χ1v) is 9.05. The number of aliphatic hydroxyl groups excluding tert-OH is 1. The minimum Gasteiger partial charge on any atom is -0.396 e. The van der Waals surface area contributed by atoms with E-state index in [-0.39, 0.29) is 24.5 Å². The fourth-order valence-corrected chi connectivity index (χ4v) is 3.14. The van der Waals surface area contributed by atoms with Gasteiger partial charge in [-0.1, -0.05) is 26.2 Å². The van der Waals surface area contributed by atoms with Crippen LogP contribution in [0.3, 0.4) is 0 Å². The molecule has 0 radical (unpaired) electrons. The lowest BCUT2D eigenvalue weighted by atomic mass is 9.72. The van der Waals surface area contributed by atoms with Crippen molar-refractivity contribution < 1.29 is 9.90 Å². The number of guanidine groups is 1. The third-order valence-corrected chi connectivity index (χ3v) is 4.48. The molecule has 0 unspecified atom stereocenters. The molecule has 1 aliphatic carbocycles. The molecule has 0 heterocycles. The number of hydrogen-bond donors (Lipinski definition) is 4. The molecule has 0 aromatic heterocycles. The van der Waals surface area contributed by atoms with Crippen LogP contribution in [0.5, 0.6) is 0 Å². The number of carbonyl (C=O) groups excluding carboxylic acids is 1. The second-order valence-corrected chi connectivity index (χ2v) is 6.43. The van der Waals surface area contributed by atoms with E-state index in [2.05, 4.69) is 20.9 Å². The predicted molar refractivity (Wildman–Crippen MR) is 94.5 cm³/mol. The molecular formula is C17H34N4O2. The maximum atomic E-state index is 11.7. The third kappa shape index (κ3) is 7.68. The van der Waals surface area contributed by atoms with Crippen LogP contribution in [0, 0.1) is 5.41 Å². The van der Waals surface area contributed by atoms with Gasteiger partial charge in [-0.3, -0.25) is 4.79 Å². The Labute approximate surface area is 140 Å². The Morgan fingerprint density at radius 2 is 1.87 bits per heavy atom. The van der Waals surface area contributed by atoms with Crippen molar-refractivity contribution in [3.8, 4) is 0 Å². The van der Waals surface area contributed by atoms with Crippen molar-refractivity contribution in [2.24, 2.45) is 10.4 Å². The Balaban J connectivity index is 2.54. The van der Waals surface area contributed by atoms with Gasteiger partial charge >= 0.3 is 0 Å². The summed E-state index contributed by atoms with van der Waals surface area (Å²) < 4.78 is 0. The molecule has 1 amide bonds. The summed E-state index contributed by atoms with van der Waals surface area (Å²) in [5, 5.41) is 18.8. The van der Waals surface area contributed by atoms with Gasteiger partial charge in [0.2, 0.25) is 5.91 Å². The highest BCUT2D eigenvalue weighted by Gasteiger charge is 2.31. The molecule has 0 aromatic rings. The van der Waals surface area contributed by atoms with Crippen molar-refractivity contribution in [1.29, 1.82) is 0 Å². The van der Waals surface area contributed by atoms with Crippen LogP contribution in [0.4, 0.5) is 0 Å². The van der Waals surface area contributed by atoms with E-state index in [1.54, 1.807) is 0 Å². The summed E-state index contributed by atoms with van der Waals surface area (Å²) in [6.07, 6.45) is 7.81. The van der Waals surface area contributed by atoms with Crippen molar-refractivity contribution in [3.05, 3.63) is 0 Å². The van der Waals surface area contributed by atoms with Gasteiger partial charge in [-0.05, 0) is 38.0 Å². The second-order valence-electron chi connectivity index (χ2n) is 6.43. The van der Waals surface area contributed by atoms with E-state index in [0.29, 0.717) is 12.5 Å². The first-order valence-electron chi connectivity index (χ1n) is 9.05. The highest BCUT2D eigenvalue weighted by atomic mass is 16.3. The number of rotatable bonds is 9. The van der Waals surface area contributed by atoms with Crippen LogP contribution in [-0.4, -0.2) is 49.8 Å². The maximum Gasteiger partial charge on any atom is 0.241 e. The average Bonchev–Trinajstić information content (AvgIpc) is 2.56. The summed E-state index contributed by atoms with van der Waals surface area (Å²) in [4.78, 5) is 16.0. The monoisotopic (exact) mass is 326 g/mol. The van der Waals surface area contributed by atoms with E-state index in [1.165, 1.54) is 19.3 Å². The Hall–Kier alpha value is -1.30.